The second kappa shape index (κ2) is 34.2. The molecule has 1 aromatic carbocycles. The van der Waals surface area contributed by atoms with Crippen LogP contribution in [0, 0.1) is 0 Å². The lowest BCUT2D eigenvalue weighted by atomic mass is 10.1. The van der Waals surface area contributed by atoms with E-state index in [2.05, 4.69) is 97.7 Å². The summed E-state index contributed by atoms with van der Waals surface area (Å²) in [6, 6.07) is 10.9. The van der Waals surface area contributed by atoms with Gasteiger partial charge in [0.2, 0.25) is 0 Å². The molecule has 0 saturated carbocycles. The average Bonchev–Trinajstić information content (AvgIpc) is 3.51. The van der Waals surface area contributed by atoms with Gasteiger partial charge in [-0.05, 0) is 82.6 Å². The molecule has 284 valence electrons. The molecule has 3 nitrogen and oxygen atoms in total. The molecule has 1 heterocycles. The molecule has 0 unspecified atom stereocenters. The van der Waals surface area contributed by atoms with Gasteiger partial charge in [-0.2, -0.15) is 0 Å². The number of hydrogen-bond donors (Lipinski definition) is 0. The molecule has 2 rings (SSSR count). The van der Waals surface area contributed by atoms with Crippen LogP contribution in [0.3, 0.4) is 0 Å². The minimum absolute atomic E-state index is 0.196. The summed E-state index contributed by atoms with van der Waals surface area (Å²) in [5.74, 6) is 0. The van der Waals surface area contributed by atoms with Gasteiger partial charge in [0.1, 0.15) is 0 Å². The first kappa shape index (κ1) is 44.2. The Labute approximate surface area is 311 Å². The van der Waals surface area contributed by atoms with E-state index in [1.54, 1.807) is 0 Å². The summed E-state index contributed by atoms with van der Waals surface area (Å²) in [5.41, 5.74) is 1.38. The maximum absolute atomic E-state index is 6.50. The fourth-order valence-electron chi connectivity index (χ4n) is 6.76. The van der Waals surface area contributed by atoms with Crippen LogP contribution in [0.2, 0.25) is 0 Å². The highest BCUT2D eigenvalue weighted by Gasteiger charge is 2.34. The van der Waals surface area contributed by atoms with Crippen LogP contribution in [-0.2, 0) is 16.0 Å². The molecular formula is C47H79NO2. The first-order chi connectivity index (χ1) is 24.8. The van der Waals surface area contributed by atoms with Crippen LogP contribution in [0.15, 0.2) is 78.9 Å². The van der Waals surface area contributed by atoms with Gasteiger partial charge in [0.15, 0.2) is 0 Å². The van der Waals surface area contributed by atoms with E-state index in [-0.39, 0.29) is 12.2 Å². The Morgan fingerprint density at radius 2 is 0.860 bits per heavy atom. The highest BCUT2D eigenvalue weighted by molar-refractivity contribution is 5.15. The van der Waals surface area contributed by atoms with Gasteiger partial charge in [-0.1, -0.05) is 170 Å². The summed E-state index contributed by atoms with van der Waals surface area (Å²) in [4.78, 5) is 2.53. The Bertz CT molecular complexity index is 909. The van der Waals surface area contributed by atoms with Crippen molar-refractivity contribution in [2.45, 2.75) is 187 Å². The number of allylic oxidation sites excluding steroid dienone is 8. The van der Waals surface area contributed by atoms with Gasteiger partial charge in [0, 0.05) is 32.8 Å². The number of ether oxygens (including phenoxy) is 2. The molecular weight excluding hydrogens is 611 g/mol. The van der Waals surface area contributed by atoms with E-state index in [0.717, 1.165) is 45.7 Å². The highest BCUT2D eigenvalue weighted by Crippen LogP contribution is 2.21. The van der Waals surface area contributed by atoms with Gasteiger partial charge in [0.25, 0.3) is 0 Å². The molecule has 50 heavy (non-hydrogen) atoms. The molecule has 1 aromatic rings. The molecule has 0 spiro atoms. The van der Waals surface area contributed by atoms with Gasteiger partial charge < -0.3 is 9.47 Å². The van der Waals surface area contributed by atoms with E-state index in [1.807, 2.05) is 0 Å². The summed E-state index contributed by atoms with van der Waals surface area (Å²) >= 11 is 0. The van der Waals surface area contributed by atoms with Crippen LogP contribution in [0.5, 0.6) is 0 Å². The monoisotopic (exact) mass is 690 g/mol. The molecule has 1 fully saturated rings. The van der Waals surface area contributed by atoms with Crippen molar-refractivity contribution in [2.24, 2.45) is 0 Å². The maximum Gasteiger partial charge on any atom is 0.0975 e. The Morgan fingerprint density at radius 1 is 0.480 bits per heavy atom. The Morgan fingerprint density at radius 3 is 1.28 bits per heavy atom. The lowest BCUT2D eigenvalue weighted by molar-refractivity contribution is -0.0481. The fourth-order valence-corrected chi connectivity index (χ4v) is 6.76. The second-order valence-electron chi connectivity index (χ2n) is 14.7. The quantitative estimate of drug-likeness (QED) is 0.0531. The zero-order valence-electron chi connectivity index (χ0n) is 32.9. The zero-order valence-corrected chi connectivity index (χ0v) is 32.9. The topological polar surface area (TPSA) is 21.7 Å². The Balaban J connectivity index is 1.51. The standard InChI is InChI=1S/C47H79NO2/c1-3-5-7-9-11-13-15-17-19-21-23-25-27-29-31-36-40-49-46-43-48(42-45-38-34-33-35-39-45)44-47(46)50-41-37-32-30-28-26-24-22-20-18-16-14-12-10-8-6-4-2/h11-14,17-20,33-35,38-39,46-47H,3-10,15-16,21-32,36-37,40-44H2,1-2H3/b13-11-,14-12-,19-17-,20-18-/t46-,47-/m0/s1. The normalized spacial score (nSPS) is 17.2. The fraction of sp³-hybridized carbons (Fsp3) is 0.702. The van der Waals surface area contributed by atoms with E-state index in [0.29, 0.717) is 0 Å². The Hall–Kier alpha value is -1.94. The van der Waals surface area contributed by atoms with Gasteiger partial charge in [-0.3, -0.25) is 4.90 Å². The molecule has 2 atom stereocenters. The summed E-state index contributed by atoms with van der Waals surface area (Å²) in [5, 5.41) is 0. The molecule has 1 saturated heterocycles. The largest absolute Gasteiger partial charge is 0.374 e. The predicted octanol–water partition coefficient (Wildman–Crippen LogP) is 13.9. The van der Waals surface area contributed by atoms with Crippen molar-refractivity contribution >= 4 is 0 Å². The number of likely N-dealkylation sites (tertiary alicyclic amines) is 1. The van der Waals surface area contributed by atoms with Gasteiger partial charge in [-0.25, -0.2) is 0 Å². The first-order valence-corrected chi connectivity index (χ1v) is 21.4. The summed E-state index contributed by atoms with van der Waals surface area (Å²) in [6.07, 6.45) is 49.9. The van der Waals surface area contributed by atoms with Crippen LogP contribution in [-0.4, -0.2) is 43.4 Å². The van der Waals surface area contributed by atoms with Crippen molar-refractivity contribution in [3.05, 3.63) is 84.5 Å². The first-order valence-electron chi connectivity index (χ1n) is 21.4. The van der Waals surface area contributed by atoms with Gasteiger partial charge >= 0.3 is 0 Å². The SMILES string of the molecule is CCCCC/C=C\C/C=C\CCCCCCCCO[C@H]1CN(Cc2ccccc2)C[C@@H]1OCCCCCCCC/C=C\C/C=C\CCCCC. The smallest absolute Gasteiger partial charge is 0.0975 e. The second-order valence-corrected chi connectivity index (χ2v) is 14.7. The van der Waals surface area contributed by atoms with Crippen LogP contribution < -0.4 is 0 Å². The van der Waals surface area contributed by atoms with E-state index >= 15 is 0 Å². The van der Waals surface area contributed by atoms with Crippen molar-refractivity contribution in [2.75, 3.05) is 26.3 Å². The zero-order chi connectivity index (χ0) is 35.4. The lowest BCUT2D eigenvalue weighted by Crippen LogP contribution is -2.30. The van der Waals surface area contributed by atoms with Gasteiger partial charge in [-0.15, -0.1) is 0 Å². The summed E-state index contributed by atoms with van der Waals surface area (Å²) < 4.78 is 13.0. The number of unbranched alkanes of at least 4 members (excludes halogenated alkanes) is 18. The highest BCUT2D eigenvalue weighted by atomic mass is 16.5. The molecule has 0 aromatic heterocycles. The van der Waals surface area contributed by atoms with E-state index in [1.165, 1.54) is 147 Å². The Kier molecular flexibility index (Phi) is 30.2. The van der Waals surface area contributed by atoms with Crippen LogP contribution in [0.4, 0.5) is 0 Å². The van der Waals surface area contributed by atoms with Crippen molar-refractivity contribution in [1.29, 1.82) is 0 Å². The van der Waals surface area contributed by atoms with Gasteiger partial charge in [0.05, 0.1) is 12.2 Å². The lowest BCUT2D eigenvalue weighted by Gasteiger charge is -2.20. The minimum atomic E-state index is 0.196. The van der Waals surface area contributed by atoms with Crippen LogP contribution >= 0.6 is 0 Å². The van der Waals surface area contributed by atoms with Crippen molar-refractivity contribution < 1.29 is 9.47 Å². The molecule has 0 N–H and O–H groups in total. The molecule has 0 aliphatic carbocycles. The summed E-state index contributed by atoms with van der Waals surface area (Å²) in [6.45, 7) is 9.20. The van der Waals surface area contributed by atoms with Crippen molar-refractivity contribution in [1.82, 2.24) is 4.90 Å². The average molecular weight is 690 g/mol. The molecule has 3 heteroatoms. The van der Waals surface area contributed by atoms with Crippen molar-refractivity contribution in [3.63, 3.8) is 0 Å². The molecule has 0 bridgehead atoms. The maximum atomic E-state index is 6.50. The third-order valence-corrected chi connectivity index (χ3v) is 9.89. The number of hydrogen-bond acceptors (Lipinski definition) is 3. The molecule has 1 aliphatic heterocycles. The predicted molar refractivity (Wildman–Crippen MR) is 220 cm³/mol. The van der Waals surface area contributed by atoms with E-state index in [4.69, 9.17) is 9.47 Å². The van der Waals surface area contributed by atoms with Crippen LogP contribution in [0.1, 0.15) is 174 Å². The van der Waals surface area contributed by atoms with Crippen molar-refractivity contribution in [3.8, 4) is 0 Å². The van der Waals surface area contributed by atoms with Crippen LogP contribution in [0.25, 0.3) is 0 Å². The number of rotatable bonds is 34. The number of nitrogens with zero attached hydrogens (tertiary/aromatic N) is 1. The third kappa shape index (κ3) is 25.9. The molecule has 1 aliphatic rings. The number of benzene rings is 1. The summed E-state index contributed by atoms with van der Waals surface area (Å²) in [7, 11) is 0. The molecule has 0 radical (unpaired) electrons. The van der Waals surface area contributed by atoms with E-state index in [9.17, 15) is 0 Å². The minimum Gasteiger partial charge on any atom is -0.374 e. The third-order valence-electron chi connectivity index (χ3n) is 9.89. The van der Waals surface area contributed by atoms with E-state index < -0.39 is 0 Å². The molecule has 0 amide bonds.